The standard InChI is InChI=1S/C30H56F2N8O5S2/c1-17-15-24(38-37-17)34-27-26(45-5)28(39-13-11-18(33-4)12-14-39)36-29(35-27)46-23-10-9-19(16-21(23)31)47(43,44)30(2,3)20-7-6-8-22(25(20)32)40(41)42/h17-29,33-38H,6-16H2,1-5H3. The van der Waals surface area contributed by atoms with Gasteiger partial charge in [0.1, 0.15) is 17.8 Å². The summed E-state index contributed by atoms with van der Waals surface area (Å²) in [6.07, 6.45) is 0.303. The lowest BCUT2D eigenvalue weighted by atomic mass is 9.77. The van der Waals surface area contributed by atoms with Gasteiger partial charge in [0.05, 0.1) is 28.5 Å². The number of likely N-dealkylation sites (tertiary alicyclic amines) is 1. The van der Waals surface area contributed by atoms with Crippen LogP contribution in [-0.2, 0) is 14.6 Å². The summed E-state index contributed by atoms with van der Waals surface area (Å²) >= 11 is 1.45. The van der Waals surface area contributed by atoms with E-state index in [0.29, 0.717) is 24.9 Å². The Hall–Kier alpha value is -0.760. The zero-order valence-corrected chi connectivity index (χ0v) is 29.9. The van der Waals surface area contributed by atoms with Crippen LogP contribution in [-0.4, -0.2) is 121 Å². The van der Waals surface area contributed by atoms with Crippen LogP contribution in [0.15, 0.2) is 0 Å². The highest BCUT2D eigenvalue weighted by molar-refractivity contribution is 8.00. The minimum Gasteiger partial charge on any atom is -0.375 e. The fraction of sp³-hybridized carbons (Fsp3) is 1.00. The first kappa shape index (κ1) is 37.5. The van der Waals surface area contributed by atoms with Gasteiger partial charge in [0.25, 0.3) is 0 Å². The van der Waals surface area contributed by atoms with E-state index >= 15 is 8.78 Å². The van der Waals surface area contributed by atoms with Crippen molar-refractivity contribution in [2.24, 2.45) is 5.92 Å². The van der Waals surface area contributed by atoms with Crippen LogP contribution in [0.1, 0.15) is 78.6 Å². The van der Waals surface area contributed by atoms with Gasteiger partial charge < -0.3 is 10.1 Å². The van der Waals surface area contributed by atoms with E-state index < -0.39 is 54.3 Å². The summed E-state index contributed by atoms with van der Waals surface area (Å²) in [6, 6.07) is -0.627. The largest absolute Gasteiger partial charge is 0.375 e. The average Bonchev–Trinajstić information content (AvgIpc) is 3.45. The number of ether oxygens (including phenoxy) is 1. The number of thioether (sulfide) groups is 1. The first-order valence-corrected chi connectivity index (χ1v) is 19.8. The number of nitrogens with one attached hydrogen (secondary N) is 6. The first-order chi connectivity index (χ1) is 22.3. The van der Waals surface area contributed by atoms with Crippen LogP contribution in [0.5, 0.6) is 0 Å². The van der Waals surface area contributed by atoms with Crippen molar-refractivity contribution in [3.05, 3.63) is 10.1 Å². The third kappa shape index (κ3) is 8.09. The van der Waals surface area contributed by atoms with Crippen LogP contribution >= 0.6 is 11.8 Å². The van der Waals surface area contributed by atoms with Gasteiger partial charge in [0.15, 0.2) is 16.0 Å². The number of hydrazine groups is 1. The van der Waals surface area contributed by atoms with E-state index in [1.165, 1.54) is 25.6 Å². The zero-order chi connectivity index (χ0) is 34.1. The van der Waals surface area contributed by atoms with E-state index in [1.54, 1.807) is 7.11 Å². The lowest BCUT2D eigenvalue weighted by Crippen LogP contribution is -2.75. The van der Waals surface area contributed by atoms with E-state index in [1.807, 2.05) is 7.05 Å². The summed E-state index contributed by atoms with van der Waals surface area (Å²) in [5, 5.41) is 24.4. The maximum Gasteiger partial charge on any atom is 0.244 e. The molecule has 272 valence electrons. The van der Waals surface area contributed by atoms with Gasteiger partial charge in [-0.25, -0.2) is 22.6 Å². The summed E-state index contributed by atoms with van der Waals surface area (Å²) in [6.45, 7) is 6.83. The number of sulfone groups is 1. The molecule has 6 N–H and O–H groups in total. The number of alkyl halides is 2. The van der Waals surface area contributed by atoms with Gasteiger partial charge in [-0.15, -0.1) is 11.8 Å². The molecule has 0 aromatic heterocycles. The molecule has 12 atom stereocenters. The monoisotopic (exact) mass is 710 g/mol. The van der Waals surface area contributed by atoms with E-state index in [0.717, 1.165) is 32.4 Å². The summed E-state index contributed by atoms with van der Waals surface area (Å²) < 4.78 is 63.8. The van der Waals surface area contributed by atoms with Crippen LogP contribution in [0.25, 0.3) is 0 Å². The number of methoxy groups -OCH3 is 1. The Morgan fingerprint density at radius 1 is 1.04 bits per heavy atom. The fourth-order valence-corrected chi connectivity index (χ4v) is 12.2. The molecule has 3 saturated heterocycles. The molecule has 3 heterocycles. The van der Waals surface area contributed by atoms with Crippen molar-refractivity contribution in [3.63, 3.8) is 0 Å². The maximum absolute atomic E-state index is 16.0. The molecule has 0 aromatic rings. The molecule has 2 saturated carbocycles. The molecule has 3 aliphatic heterocycles. The quantitative estimate of drug-likeness (QED) is 0.136. The first-order valence-electron chi connectivity index (χ1n) is 17.3. The van der Waals surface area contributed by atoms with E-state index in [2.05, 4.69) is 43.9 Å². The van der Waals surface area contributed by atoms with Crippen LogP contribution < -0.4 is 32.1 Å². The predicted octanol–water partition coefficient (Wildman–Crippen LogP) is 1.59. The molecule has 5 rings (SSSR count). The molecule has 17 heteroatoms. The summed E-state index contributed by atoms with van der Waals surface area (Å²) in [5.41, 5.74) is 6.22. The van der Waals surface area contributed by atoms with Crippen molar-refractivity contribution < 1.29 is 26.9 Å². The van der Waals surface area contributed by atoms with Crippen LogP contribution in [0.2, 0.25) is 0 Å². The van der Waals surface area contributed by atoms with Crippen molar-refractivity contribution in [3.8, 4) is 0 Å². The minimum absolute atomic E-state index is 0.0196. The molecule has 5 fully saturated rings. The van der Waals surface area contributed by atoms with E-state index in [4.69, 9.17) is 4.74 Å². The van der Waals surface area contributed by atoms with Gasteiger partial charge in [-0.3, -0.25) is 36.4 Å². The van der Waals surface area contributed by atoms with Gasteiger partial charge >= 0.3 is 0 Å². The Morgan fingerprint density at radius 2 is 1.77 bits per heavy atom. The number of nitrogens with zero attached hydrogens (tertiary/aromatic N) is 2. The second-order valence-electron chi connectivity index (χ2n) is 14.7. The number of piperidine rings is 1. The van der Waals surface area contributed by atoms with Crippen molar-refractivity contribution in [2.75, 3.05) is 27.2 Å². The van der Waals surface area contributed by atoms with Gasteiger partial charge in [-0.05, 0) is 79.2 Å². The highest BCUT2D eigenvalue weighted by Gasteiger charge is 2.55. The molecule has 5 aliphatic rings. The molecule has 47 heavy (non-hydrogen) atoms. The van der Waals surface area contributed by atoms with Crippen molar-refractivity contribution in [2.45, 2.75) is 154 Å². The molecular weight excluding hydrogens is 655 g/mol. The highest BCUT2D eigenvalue weighted by Crippen LogP contribution is 2.45. The molecular formula is C30H56F2N8O5S2. The molecule has 0 spiro atoms. The van der Waals surface area contributed by atoms with Crippen LogP contribution in [0.3, 0.4) is 0 Å². The lowest BCUT2D eigenvalue weighted by Gasteiger charge is -2.50. The van der Waals surface area contributed by atoms with Gasteiger partial charge in [-0.2, -0.15) is 0 Å². The Morgan fingerprint density at radius 3 is 2.36 bits per heavy atom. The Kier molecular flexibility index (Phi) is 12.5. The SMILES string of the molecule is CNC1CCN(C2NC(SC3CCC(S(=O)(=O)C(C)(C)C4CCCC([N+](=O)[O-])C4F)CC3F)NC(NC3CC(C)NN3)C2OC)CC1. The fourth-order valence-electron chi connectivity index (χ4n) is 8.43. The van der Waals surface area contributed by atoms with E-state index in [-0.39, 0.29) is 55.8 Å². The molecule has 0 radical (unpaired) electrons. The van der Waals surface area contributed by atoms with Crippen molar-refractivity contribution >= 4 is 21.6 Å². The number of halogens is 2. The normalized spacial score (nSPS) is 41.6. The number of nitro groups is 1. The second kappa shape index (κ2) is 15.6. The Labute approximate surface area is 282 Å². The summed E-state index contributed by atoms with van der Waals surface area (Å²) in [4.78, 5) is 13.2. The van der Waals surface area contributed by atoms with Gasteiger partial charge in [-0.1, -0.05) is 0 Å². The molecule has 12 unspecified atom stereocenters. The third-order valence-electron chi connectivity index (χ3n) is 11.4. The number of hydrogen-bond acceptors (Lipinski definition) is 13. The molecule has 0 aromatic carbocycles. The average molecular weight is 711 g/mol. The van der Waals surface area contributed by atoms with Crippen LogP contribution in [0, 0.1) is 16.0 Å². The smallest absolute Gasteiger partial charge is 0.244 e. The maximum atomic E-state index is 16.0. The van der Waals surface area contributed by atoms with Crippen LogP contribution in [0.4, 0.5) is 8.78 Å². The second-order valence-corrected chi connectivity index (χ2v) is 18.8. The number of rotatable bonds is 11. The van der Waals surface area contributed by atoms with Crippen molar-refractivity contribution in [1.82, 2.24) is 37.0 Å². The van der Waals surface area contributed by atoms with Gasteiger partial charge in [0.2, 0.25) is 6.04 Å². The third-order valence-corrected chi connectivity index (χ3v) is 15.9. The number of hydrogen-bond donors (Lipinski definition) is 6. The zero-order valence-electron chi connectivity index (χ0n) is 28.3. The Bertz CT molecular complexity index is 1170. The van der Waals surface area contributed by atoms with Gasteiger partial charge in [0, 0.05) is 54.8 Å². The molecule has 0 bridgehead atoms. The minimum atomic E-state index is -3.99. The predicted molar refractivity (Wildman–Crippen MR) is 179 cm³/mol. The molecule has 13 nitrogen and oxygen atoms in total. The summed E-state index contributed by atoms with van der Waals surface area (Å²) in [7, 11) is -0.292. The topological polar surface area (TPSA) is 162 Å². The Balaban J connectivity index is 1.26. The molecule has 2 aliphatic carbocycles. The highest BCUT2D eigenvalue weighted by atomic mass is 32.2. The van der Waals surface area contributed by atoms with Crippen molar-refractivity contribution in [1.29, 1.82) is 0 Å². The molecule has 0 amide bonds. The van der Waals surface area contributed by atoms with E-state index in [9.17, 15) is 18.5 Å². The lowest BCUT2D eigenvalue weighted by molar-refractivity contribution is -0.536. The summed E-state index contributed by atoms with van der Waals surface area (Å²) in [5.74, 6) is -1.00.